The van der Waals surface area contributed by atoms with E-state index >= 15 is 0 Å². The molecule has 2 nitrogen and oxygen atoms in total. The molecule has 0 spiro atoms. The standard InChI is InChI=1S/C20H23FN2/c1-14(2)23-18-7-4-3-6-17(18)20(19(23)8-5-13-22)15-9-11-16(21)12-10-15/h3-4,6-7,9-12,14H,5,8,13,22H2,1-2H3. The van der Waals surface area contributed by atoms with Gasteiger partial charge in [-0.05, 0) is 57.0 Å². The van der Waals surface area contributed by atoms with Crippen LogP contribution in [0.1, 0.15) is 32.0 Å². The third-order valence-electron chi connectivity index (χ3n) is 4.28. The van der Waals surface area contributed by atoms with Crippen LogP contribution in [0.25, 0.3) is 22.0 Å². The topological polar surface area (TPSA) is 30.9 Å². The molecule has 0 aliphatic carbocycles. The van der Waals surface area contributed by atoms with Gasteiger partial charge in [0.05, 0.1) is 0 Å². The molecule has 2 aromatic carbocycles. The molecule has 0 unspecified atom stereocenters. The van der Waals surface area contributed by atoms with Gasteiger partial charge in [0.15, 0.2) is 0 Å². The van der Waals surface area contributed by atoms with Gasteiger partial charge in [0.2, 0.25) is 0 Å². The molecule has 1 heterocycles. The van der Waals surface area contributed by atoms with E-state index in [0.29, 0.717) is 12.6 Å². The molecule has 0 atom stereocenters. The minimum absolute atomic E-state index is 0.204. The molecule has 3 rings (SSSR count). The predicted octanol–water partition coefficient (Wildman–Crippen LogP) is 4.92. The molecule has 1 aromatic heterocycles. The maximum atomic E-state index is 13.3. The fraction of sp³-hybridized carbons (Fsp3) is 0.300. The Bertz CT molecular complexity index is 800. The molecule has 0 amide bonds. The van der Waals surface area contributed by atoms with E-state index in [1.54, 1.807) is 0 Å². The minimum atomic E-state index is -0.204. The summed E-state index contributed by atoms with van der Waals surface area (Å²) in [5, 5.41) is 1.22. The van der Waals surface area contributed by atoms with Crippen LogP contribution in [0.2, 0.25) is 0 Å². The molecule has 3 heteroatoms. The van der Waals surface area contributed by atoms with Crippen molar-refractivity contribution >= 4 is 10.9 Å². The van der Waals surface area contributed by atoms with Crippen molar-refractivity contribution in [3.63, 3.8) is 0 Å². The normalized spacial score (nSPS) is 11.5. The molecule has 0 saturated heterocycles. The van der Waals surface area contributed by atoms with Crippen LogP contribution in [0.15, 0.2) is 48.5 Å². The summed E-state index contributed by atoms with van der Waals surface area (Å²) in [6.07, 6.45) is 1.87. The van der Waals surface area contributed by atoms with Crippen molar-refractivity contribution in [3.05, 3.63) is 60.0 Å². The largest absolute Gasteiger partial charge is 0.341 e. The predicted molar refractivity (Wildman–Crippen MR) is 95.1 cm³/mol. The van der Waals surface area contributed by atoms with Crippen LogP contribution in [-0.2, 0) is 6.42 Å². The van der Waals surface area contributed by atoms with Crippen LogP contribution < -0.4 is 5.73 Å². The van der Waals surface area contributed by atoms with Gasteiger partial charge in [0, 0.05) is 28.2 Å². The third-order valence-corrected chi connectivity index (χ3v) is 4.28. The molecule has 3 aromatic rings. The highest BCUT2D eigenvalue weighted by Crippen LogP contribution is 2.37. The fourth-order valence-corrected chi connectivity index (χ4v) is 3.36. The number of rotatable bonds is 5. The lowest BCUT2D eigenvalue weighted by atomic mass is 10.00. The second-order valence-electron chi connectivity index (χ2n) is 6.20. The number of para-hydroxylation sites is 1. The van der Waals surface area contributed by atoms with Crippen molar-refractivity contribution in [1.29, 1.82) is 0 Å². The molecule has 0 fully saturated rings. The number of nitrogens with zero attached hydrogens (tertiary/aromatic N) is 1. The average molecular weight is 310 g/mol. The smallest absolute Gasteiger partial charge is 0.123 e. The van der Waals surface area contributed by atoms with Crippen LogP contribution in [-0.4, -0.2) is 11.1 Å². The molecule has 0 bridgehead atoms. The van der Waals surface area contributed by atoms with Gasteiger partial charge in [-0.1, -0.05) is 30.3 Å². The molecule has 0 saturated carbocycles. The summed E-state index contributed by atoms with van der Waals surface area (Å²) in [5.74, 6) is -0.204. The van der Waals surface area contributed by atoms with Crippen molar-refractivity contribution in [1.82, 2.24) is 4.57 Å². The van der Waals surface area contributed by atoms with Crippen molar-refractivity contribution in [2.75, 3.05) is 6.54 Å². The zero-order valence-electron chi connectivity index (χ0n) is 13.7. The first-order valence-electron chi connectivity index (χ1n) is 8.21. The number of benzene rings is 2. The van der Waals surface area contributed by atoms with Gasteiger partial charge in [0.1, 0.15) is 5.82 Å². The Labute approximate surface area is 136 Å². The van der Waals surface area contributed by atoms with E-state index in [4.69, 9.17) is 5.73 Å². The van der Waals surface area contributed by atoms with Gasteiger partial charge >= 0.3 is 0 Å². The number of hydrogen-bond acceptors (Lipinski definition) is 1. The third kappa shape index (κ3) is 2.89. The summed E-state index contributed by atoms with van der Waals surface area (Å²) in [7, 11) is 0. The summed E-state index contributed by atoms with van der Waals surface area (Å²) in [6, 6.07) is 15.6. The first kappa shape index (κ1) is 15.8. The summed E-state index contributed by atoms with van der Waals surface area (Å²) in [5.41, 5.74) is 10.5. The van der Waals surface area contributed by atoms with Crippen molar-refractivity contribution in [3.8, 4) is 11.1 Å². The van der Waals surface area contributed by atoms with E-state index in [0.717, 1.165) is 18.4 Å². The van der Waals surface area contributed by atoms with Crippen molar-refractivity contribution in [2.24, 2.45) is 5.73 Å². The van der Waals surface area contributed by atoms with E-state index in [1.165, 1.54) is 34.3 Å². The lowest BCUT2D eigenvalue weighted by molar-refractivity contribution is 0.588. The summed E-state index contributed by atoms with van der Waals surface area (Å²) in [4.78, 5) is 0. The molecular weight excluding hydrogens is 287 g/mol. The molecule has 0 aliphatic rings. The first-order chi connectivity index (χ1) is 11.1. The lowest BCUT2D eigenvalue weighted by Crippen LogP contribution is -2.09. The zero-order valence-corrected chi connectivity index (χ0v) is 13.7. The van der Waals surface area contributed by atoms with Gasteiger partial charge in [-0.3, -0.25) is 0 Å². The summed E-state index contributed by atoms with van der Waals surface area (Å²) in [6.45, 7) is 5.07. The zero-order chi connectivity index (χ0) is 16.4. The highest BCUT2D eigenvalue weighted by molar-refractivity contribution is 5.98. The SMILES string of the molecule is CC(C)n1c(CCCN)c(-c2ccc(F)cc2)c2ccccc21. The maximum Gasteiger partial charge on any atom is 0.123 e. The maximum absolute atomic E-state index is 13.3. The second-order valence-corrected chi connectivity index (χ2v) is 6.20. The second kappa shape index (κ2) is 6.55. The Morgan fingerprint density at radius 1 is 1.04 bits per heavy atom. The molecule has 2 N–H and O–H groups in total. The van der Waals surface area contributed by atoms with Crippen LogP contribution in [0.3, 0.4) is 0 Å². The fourth-order valence-electron chi connectivity index (χ4n) is 3.36. The summed E-state index contributed by atoms with van der Waals surface area (Å²) < 4.78 is 15.7. The van der Waals surface area contributed by atoms with Gasteiger partial charge in [-0.25, -0.2) is 4.39 Å². The Morgan fingerprint density at radius 3 is 2.39 bits per heavy atom. The van der Waals surface area contributed by atoms with E-state index in [-0.39, 0.29) is 5.82 Å². The number of nitrogens with two attached hydrogens (primary N) is 1. The molecule has 0 radical (unpaired) electrons. The van der Waals surface area contributed by atoms with Crippen molar-refractivity contribution < 1.29 is 4.39 Å². The van der Waals surface area contributed by atoms with Gasteiger partial charge in [-0.15, -0.1) is 0 Å². The quantitative estimate of drug-likeness (QED) is 0.712. The molecule has 0 aliphatic heterocycles. The van der Waals surface area contributed by atoms with E-state index in [2.05, 4.69) is 42.7 Å². The molecular formula is C20H23FN2. The Hall–Kier alpha value is -2.13. The Morgan fingerprint density at radius 2 is 1.74 bits per heavy atom. The van der Waals surface area contributed by atoms with Crippen LogP contribution in [0.5, 0.6) is 0 Å². The lowest BCUT2D eigenvalue weighted by Gasteiger charge is -2.16. The Kier molecular flexibility index (Phi) is 4.49. The van der Waals surface area contributed by atoms with E-state index < -0.39 is 0 Å². The molecule has 120 valence electrons. The van der Waals surface area contributed by atoms with Gasteiger partial charge in [-0.2, -0.15) is 0 Å². The van der Waals surface area contributed by atoms with Crippen LogP contribution in [0, 0.1) is 5.82 Å². The van der Waals surface area contributed by atoms with Crippen LogP contribution in [0.4, 0.5) is 4.39 Å². The van der Waals surface area contributed by atoms with E-state index in [1.807, 2.05) is 12.1 Å². The number of halogens is 1. The highest BCUT2D eigenvalue weighted by atomic mass is 19.1. The summed E-state index contributed by atoms with van der Waals surface area (Å²) >= 11 is 0. The number of aromatic nitrogens is 1. The first-order valence-corrected chi connectivity index (χ1v) is 8.21. The van der Waals surface area contributed by atoms with Crippen LogP contribution >= 0.6 is 0 Å². The van der Waals surface area contributed by atoms with Crippen molar-refractivity contribution in [2.45, 2.75) is 32.7 Å². The minimum Gasteiger partial charge on any atom is -0.341 e. The highest BCUT2D eigenvalue weighted by Gasteiger charge is 2.19. The van der Waals surface area contributed by atoms with Gasteiger partial charge in [0.25, 0.3) is 0 Å². The average Bonchev–Trinajstić information content (AvgIpc) is 2.88. The number of hydrogen-bond donors (Lipinski definition) is 1. The number of fused-ring (bicyclic) bond motifs is 1. The van der Waals surface area contributed by atoms with E-state index in [9.17, 15) is 4.39 Å². The van der Waals surface area contributed by atoms with Gasteiger partial charge < -0.3 is 10.3 Å². The monoisotopic (exact) mass is 310 g/mol. The Balaban J connectivity index is 2.31. The molecule has 23 heavy (non-hydrogen) atoms.